The van der Waals surface area contributed by atoms with Crippen LogP contribution in [0.4, 0.5) is 17.2 Å². The molecular formula is C23H24N4O. The first-order chi connectivity index (χ1) is 15.0. The molecule has 1 aliphatic rings. The highest BCUT2D eigenvalue weighted by molar-refractivity contribution is 6.09. The van der Waals surface area contributed by atoms with Gasteiger partial charge in [-0.3, -0.25) is 0 Å². The first kappa shape index (κ1) is 13.2. The zero-order valence-electron chi connectivity index (χ0n) is 20.3. The lowest BCUT2D eigenvalue weighted by Crippen LogP contribution is -2.42. The Morgan fingerprint density at radius 3 is 2.82 bits per heavy atom. The van der Waals surface area contributed by atoms with Crippen molar-refractivity contribution in [2.24, 2.45) is 0 Å². The number of hydrogen-bond acceptors (Lipinski definition) is 5. The molecule has 142 valence electrons. The van der Waals surface area contributed by atoms with Gasteiger partial charge in [0.15, 0.2) is 11.4 Å². The predicted molar refractivity (Wildman–Crippen MR) is 114 cm³/mol. The molecule has 0 N–H and O–H groups in total. The molecule has 0 spiro atoms. The predicted octanol–water partition coefficient (Wildman–Crippen LogP) is 5.71. The first-order valence-corrected chi connectivity index (χ1v) is 9.35. The summed E-state index contributed by atoms with van der Waals surface area (Å²) in [5.74, 6) is 0.468. The van der Waals surface area contributed by atoms with Gasteiger partial charge in [-0.15, -0.1) is 0 Å². The molecular weight excluding hydrogens is 348 g/mol. The van der Waals surface area contributed by atoms with Crippen LogP contribution in [0.2, 0.25) is 0 Å². The van der Waals surface area contributed by atoms with Gasteiger partial charge in [-0.25, -0.2) is 9.97 Å². The van der Waals surface area contributed by atoms with Gasteiger partial charge in [0.1, 0.15) is 6.17 Å². The van der Waals surface area contributed by atoms with Crippen molar-refractivity contribution in [3.63, 3.8) is 0 Å². The molecule has 0 aliphatic carbocycles. The maximum Gasteiger partial charge on any atom is 0.227 e. The molecule has 4 aromatic rings. The number of nitrogens with zero attached hydrogens (tertiary/aromatic N) is 4. The van der Waals surface area contributed by atoms with Gasteiger partial charge in [-0.05, 0) is 64.4 Å². The Hall–Kier alpha value is -3.08. The van der Waals surface area contributed by atoms with E-state index in [2.05, 4.69) is 9.97 Å². The Morgan fingerprint density at radius 1 is 1.18 bits per heavy atom. The fourth-order valence-corrected chi connectivity index (χ4v) is 4.20. The highest BCUT2D eigenvalue weighted by Gasteiger charge is 2.38. The Bertz CT molecular complexity index is 1360. The summed E-state index contributed by atoms with van der Waals surface area (Å²) in [7, 11) is 0. The van der Waals surface area contributed by atoms with Crippen LogP contribution in [-0.4, -0.2) is 22.2 Å². The maximum atomic E-state index is 8.78. The minimum atomic E-state index is -2.53. The van der Waals surface area contributed by atoms with Gasteiger partial charge < -0.3 is 14.2 Å². The molecule has 1 aliphatic heterocycles. The highest BCUT2D eigenvalue weighted by Crippen LogP contribution is 2.47. The molecule has 0 bridgehead atoms. The molecule has 0 amide bonds. The van der Waals surface area contributed by atoms with E-state index in [1.165, 1.54) is 6.92 Å². The summed E-state index contributed by atoms with van der Waals surface area (Å²) in [6.07, 6.45) is 1.15. The minimum absolute atomic E-state index is 0.468. The van der Waals surface area contributed by atoms with E-state index in [9.17, 15) is 0 Å². The SMILES string of the molecule is [2H]C([2H])([2H])C([2H])(C)N1c2ncccc2N(c2c(C)ccc3c2oc2nc(C)ccc23)C1C. The van der Waals surface area contributed by atoms with Crippen molar-refractivity contribution in [2.75, 3.05) is 9.80 Å². The molecule has 3 aromatic heterocycles. The molecule has 5 nitrogen and oxygen atoms in total. The van der Waals surface area contributed by atoms with E-state index in [0.29, 0.717) is 17.1 Å². The number of benzene rings is 1. The Morgan fingerprint density at radius 2 is 2.00 bits per heavy atom. The van der Waals surface area contributed by atoms with E-state index in [0.717, 1.165) is 33.4 Å². The number of anilines is 3. The zero-order chi connectivity index (χ0) is 23.0. The lowest BCUT2D eigenvalue weighted by molar-refractivity contribution is 0.597. The largest absolute Gasteiger partial charge is 0.435 e. The van der Waals surface area contributed by atoms with Gasteiger partial charge in [0.05, 0.1) is 12.7 Å². The molecule has 0 fully saturated rings. The van der Waals surface area contributed by atoms with Gasteiger partial charge in [0, 0.05) is 32.8 Å². The average molecular weight is 376 g/mol. The van der Waals surface area contributed by atoms with Crippen molar-refractivity contribution in [1.29, 1.82) is 0 Å². The van der Waals surface area contributed by atoms with Crippen molar-refractivity contribution in [2.45, 2.75) is 46.7 Å². The highest BCUT2D eigenvalue weighted by atomic mass is 16.3. The third-order valence-corrected chi connectivity index (χ3v) is 5.43. The summed E-state index contributed by atoms with van der Waals surface area (Å²) < 4.78 is 39.0. The number of aromatic nitrogens is 2. The van der Waals surface area contributed by atoms with Gasteiger partial charge >= 0.3 is 0 Å². The quantitative estimate of drug-likeness (QED) is 0.449. The third-order valence-electron chi connectivity index (χ3n) is 5.43. The lowest BCUT2D eigenvalue weighted by Gasteiger charge is -2.33. The average Bonchev–Trinajstić information content (AvgIpc) is 3.21. The van der Waals surface area contributed by atoms with Crippen LogP contribution in [0.1, 0.15) is 37.4 Å². The molecule has 0 radical (unpaired) electrons. The lowest BCUT2D eigenvalue weighted by atomic mass is 10.1. The van der Waals surface area contributed by atoms with E-state index in [4.69, 9.17) is 9.90 Å². The van der Waals surface area contributed by atoms with Crippen LogP contribution in [0.5, 0.6) is 0 Å². The topological polar surface area (TPSA) is 45.4 Å². The van der Waals surface area contributed by atoms with Crippen LogP contribution in [0.25, 0.3) is 22.1 Å². The van der Waals surface area contributed by atoms with Gasteiger partial charge in [-0.1, -0.05) is 12.1 Å². The van der Waals surface area contributed by atoms with Crippen molar-refractivity contribution in [1.82, 2.24) is 9.97 Å². The molecule has 2 unspecified atom stereocenters. The van der Waals surface area contributed by atoms with Crippen LogP contribution in [0.3, 0.4) is 0 Å². The second-order valence-corrected chi connectivity index (χ2v) is 7.32. The molecule has 0 saturated heterocycles. The van der Waals surface area contributed by atoms with E-state index in [-0.39, 0.29) is 0 Å². The van der Waals surface area contributed by atoms with E-state index < -0.39 is 19.0 Å². The van der Waals surface area contributed by atoms with E-state index in [1.807, 2.05) is 62.1 Å². The van der Waals surface area contributed by atoms with Crippen molar-refractivity contribution < 1.29 is 9.90 Å². The van der Waals surface area contributed by atoms with Crippen LogP contribution < -0.4 is 9.80 Å². The second-order valence-electron chi connectivity index (χ2n) is 7.32. The number of hydrogen-bond donors (Lipinski definition) is 0. The molecule has 2 atom stereocenters. The smallest absolute Gasteiger partial charge is 0.227 e. The summed E-state index contributed by atoms with van der Waals surface area (Å²) in [4.78, 5) is 12.6. The van der Waals surface area contributed by atoms with Crippen LogP contribution in [0.15, 0.2) is 47.0 Å². The maximum absolute atomic E-state index is 8.78. The number of rotatable bonds is 2. The fourth-order valence-electron chi connectivity index (χ4n) is 4.20. The molecule has 1 aromatic carbocycles. The molecule has 5 rings (SSSR count). The monoisotopic (exact) mass is 376 g/mol. The summed E-state index contributed by atoms with van der Waals surface area (Å²) in [5.41, 5.74) is 4.65. The standard InChI is InChI=1S/C23H24N4O/c1-13(2)26-16(5)27(19-7-6-12-24-22(19)26)20-14(3)8-10-17-18-11-9-15(4)25-23(18)28-21(17)20/h6-13,16H,1-5H3/i1D3,13D. The minimum Gasteiger partial charge on any atom is -0.435 e. The normalized spacial score (nSPS) is 21.2. The number of aryl methyl sites for hydroxylation is 2. The number of furan rings is 1. The van der Waals surface area contributed by atoms with Crippen molar-refractivity contribution in [3.05, 3.63) is 53.9 Å². The Kier molecular flexibility index (Phi) is 2.80. The van der Waals surface area contributed by atoms with Crippen molar-refractivity contribution >= 4 is 39.3 Å². The molecule has 5 heteroatoms. The second kappa shape index (κ2) is 5.96. The first-order valence-electron chi connectivity index (χ1n) is 11.4. The van der Waals surface area contributed by atoms with E-state index in [1.54, 1.807) is 11.1 Å². The summed E-state index contributed by atoms with van der Waals surface area (Å²) in [6.45, 7) is 4.69. The van der Waals surface area contributed by atoms with Crippen LogP contribution in [-0.2, 0) is 0 Å². The fraction of sp³-hybridized carbons (Fsp3) is 0.304. The van der Waals surface area contributed by atoms with Crippen LogP contribution >= 0.6 is 0 Å². The number of pyridine rings is 2. The Labute approximate surface area is 170 Å². The Balaban J connectivity index is 1.79. The third kappa shape index (κ3) is 2.25. The van der Waals surface area contributed by atoms with Gasteiger partial charge in [0.2, 0.25) is 5.71 Å². The zero-order valence-corrected chi connectivity index (χ0v) is 16.3. The summed E-state index contributed by atoms with van der Waals surface area (Å²) in [5, 5.41) is 1.86. The molecule has 4 heterocycles. The van der Waals surface area contributed by atoms with Gasteiger partial charge in [-0.2, -0.15) is 0 Å². The molecule has 0 saturated carbocycles. The van der Waals surface area contributed by atoms with Crippen molar-refractivity contribution in [3.8, 4) is 0 Å². The van der Waals surface area contributed by atoms with E-state index >= 15 is 0 Å². The molecule has 28 heavy (non-hydrogen) atoms. The van der Waals surface area contributed by atoms with Gasteiger partial charge in [0.25, 0.3) is 0 Å². The summed E-state index contributed by atoms with van der Waals surface area (Å²) >= 11 is 0. The van der Waals surface area contributed by atoms with Crippen LogP contribution in [0, 0.1) is 13.8 Å². The number of fused-ring (bicyclic) bond motifs is 4. The summed E-state index contributed by atoms with van der Waals surface area (Å²) in [6, 6.07) is 9.86.